The molecule has 4 N–H and O–H groups in total. The van der Waals surface area contributed by atoms with Crippen LogP contribution in [0.3, 0.4) is 0 Å². The monoisotopic (exact) mass is 754 g/mol. The van der Waals surface area contributed by atoms with E-state index in [1.165, 1.54) is 51.4 Å². The van der Waals surface area contributed by atoms with Crippen molar-refractivity contribution in [2.75, 3.05) is 40.9 Å². The van der Waals surface area contributed by atoms with Gasteiger partial charge in [0.15, 0.2) is 0 Å². The predicted molar refractivity (Wildman–Crippen MR) is 218 cm³/mol. The minimum Gasteiger partial charge on any atom is -0.389 e. The minimum atomic E-state index is -4.36. The van der Waals surface area contributed by atoms with Crippen LogP contribution in [0.4, 0.5) is 0 Å². The zero-order valence-corrected chi connectivity index (χ0v) is 34.5. The van der Waals surface area contributed by atoms with Crippen LogP contribution in [0.1, 0.15) is 142 Å². The number of phosphoric acid groups is 1. The van der Waals surface area contributed by atoms with E-state index in [1.807, 2.05) is 45.4 Å². The Morgan fingerprint density at radius 2 is 1.29 bits per heavy atom. The Balaban J connectivity index is 4.66. The van der Waals surface area contributed by atoms with E-state index in [0.717, 1.165) is 64.2 Å². The number of unbranched alkanes of at least 4 members (excludes halogenated alkanes) is 13. The lowest BCUT2D eigenvalue weighted by Gasteiger charge is -2.25. The van der Waals surface area contributed by atoms with Crippen molar-refractivity contribution in [3.8, 4) is 0 Å². The van der Waals surface area contributed by atoms with E-state index in [4.69, 9.17) is 9.05 Å². The molecule has 0 rings (SSSR count). The number of amides is 1. The SMILES string of the molecule is CCCCCCCCCCCC/C=C/[C@@H](O)[C@H](COP(=O)(O)OCC[N+](C)(C)C)NC(=O)CCC/C=C\C/C=C\C/C=C\C=C\[C@@H](O)CCCCC. The molecule has 0 aliphatic carbocycles. The van der Waals surface area contributed by atoms with Gasteiger partial charge >= 0.3 is 7.82 Å². The summed E-state index contributed by atoms with van der Waals surface area (Å²) in [6, 6.07) is -0.889. The minimum absolute atomic E-state index is 0.0403. The summed E-state index contributed by atoms with van der Waals surface area (Å²) in [4.78, 5) is 23.0. The number of nitrogens with zero attached hydrogens (tertiary/aromatic N) is 1. The van der Waals surface area contributed by atoms with Gasteiger partial charge in [0.1, 0.15) is 13.2 Å². The molecule has 0 spiro atoms. The Morgan fingerprint density at radius 1 is 0.712 bits per heavy atom. The number of aliphatic hydroxyl groups is 2. The molecule has 52 heavy (non-hydrogen) atoms. The number of hydrogen-bond acceptors (Lipinski definition) is 6. The summed E-state index contributed by atoms with van der Waals surface area (Å²) in [6.07, 6.45) is 39.0. The maximum atomic E-state index is 12.8. The van der Waals surface area contributed by atoms with Crippen molar-refractivity contribution in [1.29, 1.82) is 0 Å². The van der Waals surface area contributed by atoms with E-state index in [9.17, 15) is 24.5 Å². The van der Waals surface area contributed by atoms with Crippen LogP contribution in [0.5, 0.6) is 0 Å². The topological polar surface area (TPSA) is 125 Å². The summed E-state index contributed by atoms with van der Waals surface area (Å²) < 4.78 is 23.4. The van der Waals surface area contributed by atoms with Gasteiger partial charge in [-0.05, 0) is 44.9 Å². The molecule has 10 heteroatoms. The van der Waals surface area contributed by atoms with Gasteiger partial charge in [0.2, 0.25) is 5.91 Å². The highest BCUT2D eigenvalue weighted by molar-refractivity contribution is 7.47. The van der Waals surface area contributed by atoms with Crippen molar-refractivity contribution >= 4 is 13.7 Å². The fraction of sp³-hybridized carbons (Fsp3) is 0.738. The van der Waals surface area contributed by atoms with Crippen molar-refractivity contribution in [2.24, 2.45) is 0 Å². The van der Waals surface area contributed by atoms with Gasteiger partial charge in [-0.2, -0.15) is 0 Å². The van der Waals surface area contributed by atoms with Crippen molar-refractivity contribution in [2.45, 2.75) is 161 Å². The molecule has 0 aromatic carbocycles. The van der Waals surface area contributed by atoms with Gasteiger partial charge in [-0.15, -0.1) is 0 Å². The number of quaternary nitrogens is 1. The standard InChI is InChI=1S/C42H77N2O7P/c1-6-8-10-11-12-13-14-17-20-23-26-30-34-41(46)40(38-51-52(48,49)50-37-36-44(3,4)5)43-42(47)35-31-27-24-21-18-15-16-19-22-25-29-33-39(45)32-28-9-7-2/h15-16,21-22,24-25,29-30,33-34,39-41,45-46H,6-14,17-20,23,26-28,31-32,35-38H2,1-5H3,(H-,43,47,48,49)/p+1/b16-15-,24-21-,25-22-,33-29+,34-30+/t39-,40-,41+/m0/s1. The number of nitrogens with one attached hydrogen (secondary N) is 1. The summed E-state index contributed by atoms with van der Waals surface area (Å²) in [5.74, 6) is -0.253. The third-order valence-corrected chi connectivity index (χ3v) is 9.57. The molecule has 0 aromatic heterocycles. The van der Waals surface area contributed by atoms with Crippen LogP contribution < -0.4 is 5.32 Å². The number of rotatable bonds is 35. The fourth-order valence-electron chi connectivity index (χ4n) is 5.26. The van der Waals surface area contributed by atoms with Gasteiger partial charge in [0, 0.05) is 6.42 Å². The molecule has 9 nitrogen and oxygen atoms in total. The van der Waals surface area contributed by atoms with Crippen LogP contribution in [-0.4, -0.2) is 84.6 Å². The average Bonchev–Trinajstić information content (AvgIpc) is 3.08. The molecular formula is C42H78N2O7P+. The molecule has 0 aliphatic heterocycles. The van der Waals surface area contributed by atoms with Crippen molar-refractivity contribution < 1.29 is 38.0 Å². The highest BCUT2D eigenvalue weighted by Gasteiger charge is 2.27. The average molecular weight is 754 g/mol. The van der Waals surface area contributed by atoms with Crippen molar-refractivity contribution in [3.63, 3.8) is 0 Å². The Kier molecular flexibility index (Phi) is 32.5. The van der Waals surface area contributed by atoms with E-state index in [2.05, 4.69) is 49.5 Å². The number of carbonyl (C=O) groups is 1. The Morgan fingerprint density at radius 3 is 1.94 bits per heavy atom. The van der Waals surface area contributed by atoms with Crippen LogP contribution in [0.25, 0.3) is 0 Å². The third kappa shape index (κ3) is 35.2. The highest BCUT2D eigenvalue weighted by atomic mass is 31.2. The predicted octanol–water partition coefficient (Wildman–Crippen LogP) is 9.66. The number of likely N-dealkylation sites (N-methyl/N-ethyl adjacent to an activating group) is 1. The van der Waals surface area contributed by atoms with Crippen LogP contribution in [0.15, 0.2) is 60.8 Å². The van der Waals surface area contributed by atoms with Crippen LogP contribution in [0, 0.1) is 0 Å². The molecule has 0 fully saturated rings. The second kappa shape index (κ2) is 33.7. The molecule has 1 amide bonds. The second-order valence-electron chi connectivity index (χ2n) is 14.9. The lowest BCUT2D eigenvalue weighted by Crippen LogP contribution is -2.45. The van der Waals surface area contributed by atoms with Crippen LogP contribution in [-0.2, 0) is 18.4 Å². The van der Waals surface area contributed by atoms with Gasteiger partial charge in [-0.25, -0.2) is 4.57 Å². The molecule has 0 saturated carbocycles. The summed E-state index contributed by atoms with van der Waals surface area (Å²) in [7, 11) is 1.50. The zero-order valence-electron chi connectivity index (χ0n) is 33.6. The lowest BCUT2D eigenvalue weighted by atomic mass is 10.1. The molecule has 0 bridgehead atoms. The smallest absolute Gasteiger partial charge is 0.389 e. The first kappa shape index (κ1) is 50.2. The summed E-state index contributed by atoms with van der Waals surface area (Å²) in [5.41, 5.74) is 0. The summed E-state index contributed by atoms with van der Waals surface area (Å²) in [6.45, 7) is 4.60. The van der Waals surface area contributed by atoms with Crippen LogP contribution >= 0.6 is 7.82 Å². The van der Waals surface area contributed by atoms with Crippen molar-refractivity contribution in [1.82, 2.24) is 5.32 Å². The van der Waals surface area contributed by atoms with E-state index in [-0.39, 0.29) is 31.6 Å². The maximum absolute atomic E-state index is 12.8. The number of aliphatic hydroxyl groups excluding tert-OH is 2. The number of allylic oxidation sites excluding steroid dienone is 8. The molecule has 0 saturated heterocycles. The fourth-order valence-corrected chi connectivity index (χ4v) is 6.00. The third-order valence-electron chi connectivity index (χ3n) is 8.59. The number of hydrogen-bond donors (Lipinski definition) is 4. The largest absolute Gasteiger partial charge is 0.472 e. The Hall–Kier alpha value is -1.84. The maximum Gasteiger partial charge on any atom is 0.472 e. The van der Waals surface area contributed by atoms with Gasteiger partial charge in [0.05, 0.1) is 46.0 Å². The molecule has 0 heterocycles. The molecule has 0 aliphatic rings. The van der Waals surface area contributed by atoms with E-state index in [0.29, 0.717) is 17.4 Å². The second-order valence-corrected chi connectivity index (χ2v) is 16.3. The van der Waals surface area contributed by atoms with E-state index in [1.54, 1.807) is 6.08 Å². The van der Waals surface area contributed by atoms with Gasteiger partial charge in [-0.3, -0.25) is 13.8 Å². The summed E-state index contributed by atoms with van der Waals surface area (Å²) >= 11 is 0. The first-order valence-corrected chi connectivity index (χ1v) is 21.8. The summed E-state index contributed by atoms with van der Waals surface area (Å²) in [5, 5.41) is 23.6. The molecular weight excluding hydrogens is 675 g/mol. The molecule has 0 radical (unpaired) electrons. The molecule has 302 valence electrons. The molecule has 0 aromatic rings. The van der Waals surface area contributed by atoms with E-state index < -0.39 is 20.0 Å². The van der Waals surface area contributed by atoms with Gasteiger partial charge < -0.3 is 24.9 Å². The first-order chi connectivity index (χ1) is 24.9. The molecule has 1 unspecified atom stereocenters. The Labute approximate surface area is 318 Å². The van der Waals surface area contributed by atoms with Crippen molar-refractivity contribution in [3.05, 3.63) is 60.8 Å². The number of carbonyl (C=O) groups excluding carboxylic acids is 1. The Bertz CT molecular complexity index is 1050. The first-order valence-electron chi connectivity index (χ1n) is 20.3. The normalized spacial score (nSPS) is 15.8. The van der Waals surface area contributed by atoms with Gasteiger partial charge in [0.25, 0.3) is 0 Å². The van der Waals surface area contributed by atoms with E-state index >= 15 is 0 Å². The lowest BCUT2D eigenvalue weighted by molar-refractivity contribution is -0.870. The molecule has 4 atom stereocenters. The zero-order chi connectivity index (χ0) is 38.8. The van der Waals surface area contributed by atoms with Crippen LogP contribution in [0.2, 0.25) is 0 Å². The van der Waals surface area contributed by atoms with Gasteiger partial charge in [-0.1, -0.05) is 152 Å². The highest BCUT2D eigenvalue weighted by Crippen LogP contribution is 2.43. The quantitative estimate of drug-likeness (QED) is 0.0167. The number of phosphoric ester groups is 1.